The van der Waals surface area contributed by atoms with Gasteiger partial charge in [-0.1, -0.05) is 23.5 Å². The number of thiocarbonyl (C=S) groups is 1. The Bertz CT molecular complexity index is 807. The van der Waals surface area contributed by atoms with Crippen LogP contribution in [0.3, 0.4) is 0 Å². The molecule has 0 saturated heterocycles. The summed E-state index contributed by atoms with van der Waals surface area (Å²) < 4.78 is 1.11. The number of nitrogens with zero attached hydrogens (tertiary/aromatic N) is 1. The maximum absolute atomic E-state index is 12.6. The summed E-state index contributed by atoms with van der Waals surface area (Å²) in [6, 6.07) is 7.98. The predicted molar refractivity (Wildman–Crippen MR) is 109 cm³/mol. The number of benzene rings is 1. The smallest absolute Gasteiger partial charge is 0.226 e. The number of carbonyl (C=O) groups is 1. The van der Waals surface area contributed by atoms with Crippen molar-refractivity contribution in [2.45, 2.75) is 44.9 Å². The molecule has 2 N–H and O–H groups in total. The zero-order valence-electron chi connectivity index (χ0n) is 14.7. The first-order valence-corrected chi connectivity index (χ1v) is 10.8. The molecule has 0 unspecified atom stereocenters. The Hall–Kier alpha value is -1.53. The highest BCUT2D eigenvalue weighted by Gasteiger charge is 2.51. The molecule has 4 bridgehead atoms. The van der Waals surface area contributed by atoms with Crippen LogP contribution in [0, 0.1) is 23.2 Å². The molecule has 1 aromatic heterocycles. The van der Waals surface area contributed by atoms with E-state index < -0.39 is 0 Å². The van der Waals surface area contributed by atoms with E-state index in [1.54, 1.807) is 11.3 Å². The van der Waals surface area contributed by atoms with Gasteiger partial charge in [0.2, 0.25) is 5.91 Å². The SMILES string of the molecule is O=C(CC12CC3CC(CC(C3)C1)C2)NC(=S)Nc1nc2ccccc2s1. The third kappa shape index (κ3) is 3.14. The van der Waals surface area contributed by atoms with Crippen molar-refractivity contribution in [3.05, 3.63) is 24.3 Å². The highest BCUT2D eigenvalue weighted by atomic mass is 32.1. The van der Waals surface area contributed by atoms with E-state index in [0.29, 0.717) is 11.5 Å². The summed E-state index contributed by atoms with van der Waals surface area (Å²) in [5, 5.41) is 7.06. The summed E-state index contributed by atoms with van der Waals surface area (Å²) >= 11 is 6.90. The van der Waals surface area contributed by atoms with Gasteiger partial charge in [0.25, 0.3) is 0 Å². The molecular weight excluding hydrogens is 362 g/mol. The van der Waals surface area contributed by atoms with E-state index in [0.717, 1.165) is 33.1 Å². The molecule has 4 nitrogen and oxygen atoms in total. The summed E-state index contributed by atoms with van der Waals surface area (Å²) in [7, 11) is 0. The van der Waals surface area contributed by atoms with Crippen LogP contribution in [-0.2, 0) is 4.79 Å². The number of rotatable bonds is 3. The molecule has 0 atom stereocenters. The highest BCUT2D eigenvalue weighted by molar-refractivity contribution is 7.80. The first-order chi connectivity index (χ1) is 12.6. The van der Waals surface area contributed by atoms with Gasteiger partial charge in [0.15, 0.2) is 10.2 Å². The van der Waals surface area contributed by atoms with Crippen molar-refractivity contribution >= 4 is 49.9 Å². The van der Waals surface area contributed by atoms with Crippen molar-refractivity contribution in [2.24, 2.45) is 23.2 Å². The molecule has 1 aromatic carbocycles. The molecule has 6 rings (SSSR count). The van der Waals surface area contributed by atoms with Crippen LogP contribution in [0.1, 0.15) is 44.9 Å². The number of carbonyl (C=O) groups excluding carboxylic acids is 1. The molecule has 1 amide bonds. The van der Waals surface area contributed by atoms with E-state index in [1.165, 1.54) is 38.5 Å². The highest BCUT2D eigenvalue weighted by Crippen LogP contribution is 2.61. The number of amides is 1. The van der Waals surface area contributed by atoms with Gasteiger partial charge < -0.3 is 10.6 Å². The molecular formula is C20H23N3OS2. The standard InChI is InChI=1S/C20H23N3OS2/c24-17(11-20-8-12-5-13(9-20)7-14(6-12)10-20)22-18(25)23-19-21-15-3-1-2-4-16(15)26-19/h1-4,12-14H,5-11H2,(H2,21,22,23,24,25). The van der Waals surface area contributed by atoms with Gasteiger partial charge in [0.1, 0.15) is 0 Å². The minimum Gasteiger partial charge on any atom is -0.308 e. The normalized spacial score (nSPS) is 31.9. The summed E-state index contributed by atoms with van der Waals surface area (Å²) in [5.41, 5.74) is 1.19. The van der Waals surface area contributed by atoms with Gasteiger partial charge in [-0.25, -0.2) is 4.98 Å². The molecule has 4 saturated carbocycles. The summed E-state index contributed by atoms with van der Waals surface area (Å²) in [6.45, 7) is 0. The van der Waals surface area contributed by atoms with E-state index in [-0.39, 0.29) is 11.3 Å². The second kappa shape index (κ2) is 6.27. The monoisotopic (exact) mass is 385 g/mol. The Morgan fingerprint density at radius 3 is 2.46 bits per heavy atom. The number of aromatic nitrogens is 1. The molecule has 0 aliphatic heterocycles. The number of anilines is 1. The molecule has 4 fully saturated rings. The van der Waals surface area contributed by atoms with Crippen molar-refractivity contribution in [1.29, 1.82) is 0 Å². The lowest BCUT2D eigenvalue weighted by Gasteiger charge is -2.56. The Kier molecular flexibility index (Phi) is 4.01. The fraction of sp³-hybridized carbons (Fsp3) is 0.550. The van der Waals surface area contributed by atoms with Crippen molar-refractivity contribution < 1.29 is 4.79 Å². The maximum atomic E-state index is 12.6. The minimum absolute atomic E-state index is 0.0607. The van der Waals surface area contributed by atoms with E-state index >= 15 is 0 Å². The Balaban J connectivity index is 1.21. The molecule has 4 aliphatic rings. The third-order valence-corrected chi connectivity index (χ3v) is 7.62. The summed E-state index contributed by atoms with van der Waals surface area (Å²) in [6.07, 6.45) is 8.55. The Morgan fingerprint density at radius 1 is 1.15 bits per heavy atom. The average Bonchev–Trinajstić information content (AvgIpc) is 2.94. The lowest BCUT2D eigenvalue weighted by molar-refractivity contribution is -0.127. The van der Waals surface area contributed by atoms with Crippen molar-refractivity contribution in [2.75, 3.05) is 5.32 Å². The van der Waals surface area contributed by atoms with Gasteiger partial charge in [-0.3, -0.25) is 4.79 Å². The van der Waals surface area contributed by atoms with Crippen LogP contribution in [0.4, 0.5) is 5.13 Å². The summed E-state index contributed by atoms with van der Waals surface area (Å²) in [4.78, 5) is 17.2. The van der Waals surface area contributed by atoms with Crippen LogP contribution >= 0.6 is 23.6 Å². The zero-order chi connectivity index (χ0) is 17.7. The van der Waals surface area contributed by atoms with Crippen LogP contribution in [0.15, 0.2) is 24.3 Å². The number of thiazole rings is 1. The second-order valence-corrected chi connectivity index (χ2v) is 10.0. The van der Waals surface area contributed by atoms with E-state index in [1.807, 2.05) is 24.3 Å². The fourth-order valence-electron chi connectivity index (χ4n) is 6.07. The first-order valence-electron chi connectivity index (χ1n) is 9.53. The molecule has 6 heteroatoms. The maximum Gasteiger partial charge on any atom is 0.226 e. The van der Waals surface area contributed by atoms with Crippen molar-refractivity contribution in [3.8, 4) is 0 Å². The molecule has 4 aliphatic carbocycles. The first kappa shape index (κ1) is 16.6. The van der Waals surface area contributed by atoms with Crippen LogP contribution in [-0.4, -0.2) is 16.0 Å². The minimum atomic E-state index is 0.0607. The predicted octanol–water partition coefficient (Wildman–Crippen LogP) is 4.72. The van der Waals surface area contributed by atoms with Crippen LogP contribution in [0.5, 0.6) is 0 Å². The lowest BCUT2D eigenvalue weighted by atomic mass is 9.49. The van der Waals surface area contributed by atoms with Crippen molar-refractivity contribution in [3.63, 3.8) is 0 Å². The van der Waals surface area contributed by atoms with Crippen molar-refractivity contribution in [1.82, 2.24) is 10.3 Å². The zero-order valence-corrected chi connectivity index (χ0v) is 16.3. The van der Waals surface area contributed by atoms with Gasteiger partial charge in [-0.15, -0.1) is 0 Å². The largest absolute Gasteiger partial charge is 0.308 e. The Morgan fingerprint density at radius 2 is 1.81 bits per heavy atom. The van der Waals surface area contributed by atoms with Crippen LogP contribution in [0.25, 0.3) is 10.2 Å². The van der Waals surface area contributed by atoms with Gasteiger partial charge in [0.05, 0.1) is 10.2 Å². The van der Waals surface area contributed by atoms with E-state index in [4.69, 9.17) is 12.2 Å². The van der Waals surface area contributed by atoms with Gasteiger partial charge in [-0.05, 0) is 86.0 Å². The average molecular weight is 386 g/mol. The van der Waals surface area contributed by atoms with E-state index in [9.17, 15) is 4.79 Å². The van der Waals surface area contributed by atoms with E-state index in [2.05, 4.69) is 15.6 Å². The number of para-hydroxylation sites is 1. The summed E-state index contributed by atoms with van der Waals surface area (Å²) in [5.74, 6) is 2.65. The van der Waals surface area contributed by atoms with Gasteiger partial charge in [0, 0.05) is 6.42 Å². The number of hydrogen-bond acceptors (Lipinski definition) is 4. The van der Waals surface area contributed by atoms with Gasteiger partial charge >= 0.3 is 0 Å². The number of nitrogens with one attached hydrogen (secondary N) is 2. The number of fused-ring (bicyclic) bond motifs is 1. The Labute approximate surface area is 162 Å². The lowest BCUT2D eigenvalue weighted by Crippen LogP contribution is -2.48. The molecule has 0 radical (unpaired) electrons. The molecule has 26 heavy (non-hydrogen) atoms. The van der Waals surface area contributed by atoms with Gasteiger partial charge in [-0.2, -0.15) is 0 Å². The second-order valence-electron chi connectivity index (χ2n) is 8.58. The molecule has 136 valence electrons. The molecule has 0 spiro atoms. The third-order valence-electron chi connectivity index (χ3n) is 6.47. The fourth-order valence-corrected chi connectivity index (χ4v) is 7.22. The number of hydrogen-bond donors (Lipinski definition) is 2. The van der Waals surface area contributed by atoms with Crippen LogP contribution < -0.4 is 10.6 Å². The van der Waals surface area contributed by atoms with Crippen LogP contribution in [0.2, 0.25) is 0 Å². The molecule has 1 heterocycles. The quantitative estimate of drug-likeness (QED) is 0.751. The topological polar surface area (TPSA) is 54.0 Å². The molecule has 2 aromatic rings.